The molecule has 1 aromatic carbocycles. The van der Waals surface area contributed by atoms with Crippen molar-refractivity contribution in [1.82, 2.24) is 5.32 Å². The minimum absolute atomic E-state index is 0.218. The van der Waals surface area contributed by atoms with Crippen molar-refractivity contribution in [2.24, 2.45) is 0 Å². The van der Waals surface area contributed by atoms with E-state index in [1.165, 1.54) is 12.8 Å². The maximum absolute atomic E-state index is 8.59. The quantitative estimate of drug-likeness (QED) is 0.604. The van der Waals surface area contributed by atoms with Gasteiger partial charge in [0.25, 0.3) is 0 Å². The molecule has 0 atom stereocenters. The molecule has 0 saturated heterocycles. The Bertz CT molecular complexity index is 314. The molecule has 108 valence electrons. The number of benzene rings is 1. The molecule has 0 aromatic heterocycles. The Morgan fingerprint density at radius 1 is 0.947 bits per heavy atom. The van der Waals surface area contributed by atoms with Crippen LogP contribution in [0.3, 0.4) is 0 Å². The molecule has 0 aliphatic rings. The largest absolute Gasteiger partial charge is 0.497 e. The monoisotopic (exact) mass is 267 g/mol. The van der Waals surface area contributed by atoms with Crippen LogP contribution in [0.5, 0.6) is 11.5 Å². The third kappa shape index (κ3) is 7.70. The fourth-order valence-corrected chi connectivity index (χ4v) is 1.77. The molecule has 0 spiro atoms. The van der Waals surface area contributed by atoms with Gasteiger partial charge in [0.1, 0.15) is 11.5 Å². The molecule has 0 heterocycles. The Labute approximate surface area is 115 Å². The topological polar surface area (TPSA) is 50.7 Å². The first-order chi connectivity index (χ1) is 9.36. The lowest BCUT2D eigenvalue weighted by Crippen LogP contribution is -2.19. The molecule has 0 unspecified atom stereocenters. The number of hydrogen-bond acceptors (Lipinski definition) is 4. The Morgan fingerprint density at radius 3 is 2.32 bits per heavy atom. The molecule has 0 amide bonds. The molecule has 0 aliphatic carbocycles. The number of nitrogens with one attached hydrogen (secondary N) is 1. The number of ether oxygens (including phenoxy) is 2. The number of aliphatic hydroxyl groups is 1. The van der Waals surface area contributed by atoms with E-state index in [1.54, 1.807) is 7.11 Å². The fraction of sp³-hybridized carbons (Fsp3) is 0.600. The van der Waals surface area contributed by atoms with Gasteiger partial charge in [0.05, 0.1) is 20.3 Å². The molecule has 0 fully saturated rings. The van der Waals surface area contributed by atoms with Crippen LogP contribution in [0.1, 0.15) is 25.7 Å². The molecule has 0 bridgehead atoms. The van der Waals surface area contributed by atoms with Crippen LogP contribution in [0, 0.1) is 0 Å². The summed E-state index contributed by atoms with van der Waals surface area (Å²) in [7, 11) is 1.66. The molecular formula is C15H25NO3. The maximum atomic E-state index is 8.59. The summed E-state index contributed by atoms with van der Waals surface area (Å²) < 4.78 is 10.7. The summed E-state index contributed by atoms with van der Waals surface area (Å²) in [6.07, 6.45) is 4.61. The van der Waals surface area contributed by atoms with Crippen molar-refractivity contribution in [3.05, 3.63) is 24.3 Å². The van der Waals surface area contributed by atoms with E-state index >= 15 is 0 Å². The smallest absolute Gasteiger partial charge is 0.119 e. The predicted molar refractivity (Wildman–Crippen MR) is 76.9 cm³/mol. The molecule has 4 nitrogen and oxygen atoms in total. The molecule has 1 aromatic rings. The molecule has 0 radical (unpaired) electrons. The molecular weight excluding hydrogens is 242 g/mol. The van der Waals surface area contributed by atoms with Crippen LogP contribution >= 0.6 is 0 Å². The highest BCUT2D eigenvalue weighted by molar-refractivity contribution is 5.31. The number of methoxy groups -OCH3 is 1. The first kappa shape index (κ1) is 15.8. The number of aliphatic hydroxyl groups excluding tert-OH is 1. The van der Waals surface area contributed by atoms with Gasteiger partial charge in [-0.1, -0.05) is 12.8 Å². The van der Waals surface area contributed by atoms with Crippen molar-refractivity contribution >= 4 is 0 Å². The van der Waals surface area contributed by atoms with Crippen molar-refractivity contribution in [3.63, 3.8) is 0 Å². The van der Waals surface area contributed by atoms with Crippen molar-refractivity contribution < 1.29 is 14.6 Å². The summed E-state index contributed by atoms with van der Waals surface area (Å²) in [6, 6.07) is 7.67. The predicted octanol–water partition coefficient (Wildman–Crippen LogP) is 2.22. The first-order valence-electron chi connectivity index (χ1n) is 6.95. The third-order valence-corrected chi connectivity index (χ3v) is 2.86. The Morgan fingerprint density at radius 2 is 1.63 bits per heavy atom. The van der Waals surface area contributed by atoms with E-state index in [0.717, 1.165) is 37.5 Å². The van der Waals surface area contributed by atoms with Gasteiger partial charge < -0.3 is 19.9 Å². The Kier molecular flexibility index (Phi) is 8.85. The van der Waals surface area contributed by atoms with Gasteiger partial charge in [-0.3, -0.25) is 0 Å². The van der Waals surface area contributed by atoms with Crippen molar-refractivity contribution in [2.45, 2.75) is 25.7 Å². The summed E-state index contributed by atoms with van der Waals surface area (Å²) in [5.74, 6) is 1.74. The summed E-state index contributed by atoms with van der Waals surface area (Å²) in [5, 5.41) is 11.8. The Balaban J connectivity index is 1.95. The van der Waals surface area contributed by atoms with Gasteiger partial charge >= 0.3 is 0 Å². The second kappa shape index (κ2) is 10.6. The van der Waals surface area contributed by atoms with E-state index in [2.05, 4.69) is 5.32 Å². The average molecular weight is 267 g/mol. The van der Waals surface area contributed by atoms with Gasteiger partial charge in [0.15, 0.2) is 0 Å². The lowest BCUT2D eigenvalue weighted by molar-refractivity contribution is 0.290. The standard InChI is InChI=1S/C15H25NO3/c1-18-14-6-8-15(9-7-14)19-13-5-3-2-4-10-16-11-12-17/h6-9,16-17H,2-5,10-13H2,1H3. The van der Waals surface area contributed by atoms with E-state index in [-0.39, 0.29) is 6.61 Å². The fourth-order valence-electron chi connectivity index (χ4n) is 1.77. The normalized spacial score (nSPS) is 10.4. The van der Waals surface area contributed by atoms with Gasteiger partial charge in [0.2, 0.25) is 0 Å². The van der Waals surface area contributed by atoms with Gasteiger partial charge in [-0.05, 0) is 43.7 Å². The van der Waals surface area contributed by atoms with E-state index < -0.39 is 0 Å². The second-order valence-corrected chi connectivity index (χ2v) is 4.41. The maximum Gasteiger partial charge on any atom is 0.119 e. The summed E-state index contributed by atoms with van der Waals surface area (Å²) in [4.78, 5) is 0. The van der Waals surface area contributed by atoms with E-state index in [1.807, 2.05) is 24.3 Å². The first-order valence-corrected chi connectivity index (χ1v) is 6.95. The summed E-state index contributed by atoms with van der Waals surface area (Å²) in [5.41, 5.74) is 0. The zero-order valence-electron chi connectivity index (χ0n) is 11.7. The van der Waals surface area contributed by atoms with Gasteiger partial charge in [-0.2, -0.15) is 0 Å². The van der Waals surface area contributed by atoms with Crippen LogP contribution in [-0.4, -0.2) is 38.5 Å². The SMILES string of the molecule is COc1ccc(OCCCCCCNCCO)cc1. The summed E-state index contributed by atoms with van der Waals surface area (Å²) in [6.45, 7) is 2.66. The third-order valence-electron chi connectivity index (χ3n) is 2.86. The van der Waals surface area contributed by atoms with Crippen LogP contribution in [-0.2, 0) is 0 Å². The van der Waals surface area contributed by atoms with Crippen molar-refractivity contribution in [2.75, 3.05) is 33.4 Å². The molecule has 4 heteroatoms. The van der Waals surface area contributed by atoms with E-state index in [4.69, 9.17) is 14.6 Å². The summed E-state index contributed by atoms with van der Waals surface area (Å²) >= 11 is 0. The highest BCUT2D eigenvalue weighted by Crippen LogP contribution is 2.17. The van der Waals surface area contributed by atoms with Crippen LogP contribution in [0.25, 0.3) is 0 Å². The minimum atomic E-state index is 0.218. The Hall–Kier alpha value is -1.26. The number of rotatable bonds is 11. The van der Waals surface area contributed by atoms with Gasteiger partial charge in [-0.15, -0.1) is 0 Å². The van der Waals surface area contributed by atoms with E-state index in [9.17, 15) is 0 Å². The van der Waals surface area contributed by atoms with Crippen molar-refractivity contribution in [1.29, 1.82) is 0 Å². The lowest BCUT2D eigenvalue weighted by atomic mass is 10.2. The molecule has 1 rings (SSSR count). The molecule has 2 N–H and O–H groups in total. The molecule has 0 aliphatic heterocycles. The van der Waals surface area contributed by atoms with Crippen LogP contribution in [0.4, 0.5) is 0 Å². The van der Waals surface area contributed by atoms with Crippen LogP contribution in [0.2, 0.25) is 0 Å². The molecule has 19 heavy (non-hydrogen) atoms. The van der Waals surface area contributed by atoms with Gasteiger partial charge in [0, 0.05) is 6.54 Å². The zero-order valence-corrected chi connectivity index (χ0v) is 11.7. The lowest BCUT2D eigenvalue weighted by Gasteiger charge is -2.07. The average Bonchev–Trinajstić information content (AvgIpc) is 2.46. The highest BCUT2D eigenvalue weighted by Gasteiger charge is 1.95. The van der Waals surface area contributed by atoms with E-state index in [0.29, 0.717) is 6.54 Å². The second-order valence-electron chi connectivity index (χ2n) is 4.41. The van der Waals surface area contributed by atoms with Crippen LogP contribution < -0.4 is 14.8 Å². The molecule has 0 saturated carbocycles. The van der Waals surface area contributed by atoms with Crippen molar-refractivity contribution in [3.8, 4) is 11.5 Å². The van der Waals surface area contributed by atoms with Gasteiger partial charge in [-0.25, -0.2) is 0 Å². The highest BCUT2D eigenvalue weighted by atomic mass is 16.5. The zero-order chi connectivity index (χ0) is 13.8. The number of hydrogen-bond donors (Lipinski definition) is 2. The van der Waals surface area contributed by atoms with Crippen LogP contribution in [0.15, 0.2) is 24.3 Å². The number of unbranched alkanes of at least 4 members (excludes halogenated alkanes) is 3. The minimum Gasteiger partial charge on any atom is -0.497 e.